The Balaban J connectivity index is 1.28. The lowest BCUT2D eigenvalue weighted by molar-refractivity contribution is 0.188. The fourth-order valence-electron chi connectivity index (χ4n) is 3.81. The maximum atomic E-state index is 12.4. The normalized spacial score (nSPS) is 29.5. The molecule has 2 saturated carbocycles. The van der Waals surface area contributed by atoms with Crippen molar-refractivity contribution in [3.05, 3.63) is 11.6 Å². The standard InChI is InChI=1S/C15H24N4O2S/c1-10-16-11(2)19(17-10)14-8-18(9-14)22(20,21)6-5-13-7-15(13)12-3-4-12/h12-15H,3-9H2,1-2H3/t13-,15+/m1/s1. The van der Waals surface area contributed by atoms with E-state index in [1.54, 1.807) is 4.31 Å². The zero-order chi connectivity index (χ0) is 15.5. The number of rotatable bonds is 6. The van der Waals surface area contributed by atoms with Crippen LogP contribution in [0, 0.1) is 31.6 Å². The zero-order valence-corrected chi connectivity index (χ0v) is 14.1. The summed E-state index contributed by atoms with van der Waals surface area (Å²) >= 11 is 0. The van der Waals surface area contributed by atoms with Gasteiger partial charge in [0, 0.05) is 13.1 Å². The summed E-state index contributed by atoms with van der Waals surface area (Å²) in [5.74, 6) is 4.39. The van der Waals surface area contributed by atoms with Gasteiger partial charge in [-0.25, -0.2) is 18.1 Å². The van der Waals surface area contributed by atoms with Crippen LogP contribution in [0.4, 0.5) is 0 Å². The van der Waals surface area contributed by atoms with Crippen LogP contribution >= 0.6 is 0 Å². The van der Waals surface area contributed by atoms with Crippen molar-refractivity contribution in [1.82, 2.24) is 19.1 Å². The fraction of sp³-hybridized carbons (Fsp3) is 0.867. The lowest BCUT2D eigenvalue weighted by atomic mass is 10.2. The molecule has 6 nitrogen and oxygen atoms in total. The van der Waals surface area contributed by atoms with E-state index in [0.29, 0.717) is 24.8 Å². The molecule has 3 fully saturated rings. The predicted octanol–water partition coefficient (Wildman–Crippen LogP) is 1.52. The van der Waals surface area contributed by atoms with Gasteiger partial charge in [0.1, 0.15) is 11.6 Å². The van der Waals surface area contributed by atoms with Gasteiger partial charge >= 0.3 is 0 Å². The van der Waals surface area contributed by atoms with Gasteiger partial charge < -0.3 is 0 Å². The van der Waals surface area contributed by atoms with Crippen LogP contribution in [-0.2, 0) is 10.0 Å². The summed E-state index contributed by atoms with van der Waals surface area (Å²) < 4.78 is 28.2. The van der Waals surface area contributed by atoms with E-state index in [0.717, 1.165) is 29.9 Å². The molecule has 0 amide bonds. The van der Waals surface area contributed by atoms with Crippen LogP contribution in [-0.4, -0.2) is 46.3 Å². The maximum absolute atomic E-state index is 12.4. The third-order valence-electron chi connectivity index (χ3n) is 5.43. The van der Waals surface area contributed by atoms with E-state index < -0.39 is 10.0 Å². The van der Waals surface area contributed by atoms with E-state index in [1.807, 2.05) is 18.5 Å². The van der Waals surface area contributed by atoms with Crippen LogP contribution in [0.3, 0.4) is 0 Å². The van der Waals surface area contributed by atoms with Crippen LogP contribution < -0.4 is 0 Å². The Hall–Kier alpha value is -0.950. The fourth-order valence-corrected chi connectivity index (χ4v) is 5.47. The van der Waals surface area contributed by atoms with Crippen LogP contribution in [0.25, 0.3) is 0 Å². The number of sulfonamides is 1. The largest absolute Gasteiger partial charge is 0.244 e. The van der Waals surface area contributed by atoms with Gasteiger partial charge in [-0.1, -0.05) is 0 Å². The summed E-state index contributed by atoms with van der Waals surface area (Å²) in [6.07, 6.45) is 4.86. The Morgan fingerprint density at radius 2 is 1.95 bits per heavy atom. The lowest BCUT2D eigenvalue weighted by Crippen LogP contribution is -2.51. The lowest BCUT2D eigenvalue weighted by Gasteiger charge is -2.38. The molecule has 0 aromatic carbocycles. The third-order valence-corrected chi connectivity index (χ3v) is 7.26. The van der Waals surface area contributed by atoms with E-state index in [9.17, 15) is 8.42 Å². The Bertz CT molecular complexity index is 674. The number of aryl methyl sites for hydroxylation is 2. The van der Waals surface area contributed by atoms with Gasteiger partial charge in [0.2, 0.25) is 10.0 Å². The predicted molar refractivity (Wildman–Crippen MR) is 82.8 cm³/mol. The van der Waals surface area contributed by atoms with Gasteiger partial charge in [-0.3, -0.25) is 0 Å². The molecule has 4 rings (SSSR count). The van der Waals surface area contributed by atoms with Gasteiger partial charge in [-0.2, -0.15) is 9.40 Å². The van der Waals surface area contributed by atoms with Crippen molar-refractivity contribution in [2.24, 2.45) is 17.8 Å². The van der Waals surface area contributed by atoms with Crippen molar-refractivity contribution < 1.29 is 8.42 Å². The molecule has 7 heteroatoms. The van der Waals surface area contributed by atoms with Gasteiger partial charge in [0.05, 0.1) is 11.8 Å². The number of hydrogen-bond acceptors (Lipinski definition) is 4. The Morgan fingerprint density at radius 3 is 2.55 bits per heavy atom. The van der Waals surface area contributed by atoms with Crippen LogP contribution in [0.5, 0.6) is 0 Å². The molecule has 1 aromatic rings. The van der Waals surface area contributed by atoms with Gasteiger partial charge in [0.15, 0.2) is 0 Å². The highest BCUT2D eigenvalue weighted by Crippen LogP contribution is 2.55. The molecule has 0 spiro atoms. The second kappa shape index (κ2) is 5.03. The molecule has 2 atom stereocenters. The topological polar surface area (TPSA) is 68.1 Å². The summed E-state index contributed by atoms with van der Waals surface area (Å²) in [5.41, 5.74) is 0. The van der Waals surface area contributed by atoms with Gasteiger partial charge in [0.25, 0.3) is 0 Å². The van der Waals surface area contributed by atoms with Gasteiger partial charge in [-0.05, 0) is 57.3 Å². The van der Waals surface area contributed by atoms with E-state index in [4.69, 9.17) is 0 Å². The molecule has 0 bridgehead atoms. The minimum absolute atomic E-state index is 0.149. The molecule has 1 saturated heterocycles. The Labute approximate surface area is 132 Å². The Morgan fingerprint density at radius 1 is 1.23 bits per heavy atom. The van der Waals surface area contributed by atoms with Crippen LogP contribution in [0.15, 0.2) is 0 Å². The summed E-state index contributed by atoms with van der Waals surface area (Å²) in [4.78, 5) is 4.28. The molecule has 2 heterocycles. The first-order valence-electron chi connectivity index (χ1n) is 8.31. The molecule has 1 aliphatic heterocycles. The van der Waals surface area contributed by atoms with E-state index in [1.165, 1.54) is 19.3 Å². The summed E-state index contributed by atoms with van der Waals surface area (Å²) in [6.45, 7) is 4.87. The quantitative estimate of drug-likeness (QED) is 0.795. The van der Waals surface area contributed by atoms with Crippen molar-refractivity contribution in [1.29, 1.82) is 0 Å². The minimum atomic E-state index is -3.08. The summed E-state index contributed by atoms with van der Waals surface area (Å²) in [5, 5.41) is 4.35. The molecule has 0 unspecified atom stereocenters. The molecule has 0 N–H and O–H groups in total. The van der Waals surface area contributed by atoms with Crippen LogP contribution in [0.2, 0.25) is 0 Å². The van der Waals surface area contributed by atoms with E-state index in [-0.39, 0.29) is 6.04 Å². The second-order valence-electron chi connectivity index (χ2n) is 7.22. The van der Waals surface area contributed by atoms with Crippen molar-refractivity contribution in [2.45, 2.75) is 45.6 Å². The van der Waals surface area contributed by atoms with E-state index >= 15 is 0 Å². The molecular weight excluding hydrogens is 300 g/mol. The second-order valence-corrected chi connectivity index (χ2v) is 9.31. The molecule has 0 radical (unpaired) electrons. The monoisotopic (exact) mass is 324 g/mol. The zero-order valence-electron chi connectivity index (χ0n) is 13.3. The molecular formula is C15H24N4O2S. The molecule has 122 valence electrons. The summed E-state index contributed by atoms with van der Waals surface area (Å²) in [7, 11) is -3.08. The Kier molecular flexibility index (Phi) is 3.34. The number of hydrogen-bond donors (Lipinski definition) is 0. The van der Waals surface area contributed by atoms with Crippen molar-refractivity contribution in [2.75, 3.05) is 18.8 Å². The summed E-state index contributed by atoms with van der Waals surface area (Å²) in [6, 6.07) is 0.149. The van der Waals surface area contributed by atoms with Gasteiger partial charge in [-0.15, -0.1) is 0 Å². The first-order chi connectivity index (χ1) is 10.4. The maximum Gasteiger partial charge on any atom is 0.214 e. The van der Waals surface area contributed by atoms with Crippen molar-refractivity contribution in [3.8, 4) is 0 Å². The van der Waals surface area contributed by atoms with Crippen molar-refractivity contribution >= 4 is 10.0 Å². The van der Waals surface area contributed by atoms with E-state index in [2.05, 4.69) is 10.1 Å². The SMILES string of the molecule is Cc1nc(C)n(C2CN(S(=O)(=O)CC[C@@H]3C[C@H]3C3CC3)C2)n1. The molecule has 22 heavy (non-hydrogen) atoms. The highest BCUT2D eigenvalue weighted by Gasteiger charge is 2.47. The third kappa shape index (κ3) is 2.69. The smallest absolute Gasteiger partial charge is 0.214 e. The van der Waals surface area contributed by atoms with Crippen molar-refractivity contribution in [3.63, 3.8) is 0 Å². The number of aromatic nitrogens is 3. The first-order valence-corrected chi connectivity index (χ1v) is 9.92. The number of nitrogens with zero attached hydrogens (tertiary/aromatic N) is 4. The first kappa shape index (κ1) is 14.6. The molecule has 2 aliphatic carbocycles. The highest BCUT2D eigenvalue weighted by atomic mass is 32.2. The van der Waals surface area contributed by atoms with Crippen LogP contribution in [0.1, 0.15) is 43.4 Å². The average Bonchev–Trinajstić information content (AvgIpc) is 3.26. The molecule has 1 aromatic heterocycles. The molecule has 3 aliphatic rings. The minimum Gasteiger partial charge on any atom is -0.244 e. The average molecular weight is 324 g/mol. The highest BCUT2D eigenvalue weighted by molar-refractivity contribution is 7.89.